The van der Waals surface area contributed by atoms with Crippen LogP contribution in [0.2, 0.25) is 0 Å². The number of carbonyl (C=O) groups is 2. The largest absolute Gasteiger partial charge is 0.479 e. The van der Waals surface area contributed by atoms with Crippen molar-refractivity contribution in [3.63, 3.8) is 0 Å². The van der Waals surface area contributed by atoms with E-state index in [-0.39, 0.29) is 0 Å². The fraction of sp³-hybridized carbons (Fsp3) is 0.385. The molecule has 3 N–H and O–H groups in total. The summed E-state index contributed by atoms with van der Waals surface area (Å²) < 4.78 is 4.98. The summed E-state index contributed by atoms with van der Waals surface area (Å²) in [4.78, 5) is 22.7. The summed E-state index contributed by atoms with van der Waals surface area (Å²) in [6.45, 7) is 3.56. The number of aryl methyl sites for hydroxylation is 1. The highest BCUT2D eigenvalue weighted by molar-refractivity contribution is 5.93. The van der Waals surface area contributed by atoms with Crippen LogP contribution in [0.5, 0.6) is 0 Å². The van der Waals surface area contributed by atoms with Crippen molar-refractivity contribution in [2.45, 2.75) is 32.8 Å². The number of anilines is 1. The minimum absolute atomic E-state index is 0.301. The number of rotatable bonds is 5. The second kappa shape index (κ2) is 6.05. The third-order valence-electron chi connectivity index (χ3n) is 2.55. The fourth-order valence-corrected chi connectivity index (χ4v) is 1.60. The van der Waals surface area contributed by atoms with Gasteiger partial charge >= 0.3 is 11.9 Å². The van der Waals surface area contributed by atoms with Crippen molar-refractivity contribution in [2.24, 2.45) is 0 Å². The van der Waals surface area contributed by atoms with Crippen molar-refractivity contribution in [2.75, 3.05) is 5.73 Å². The Balaban J connectivity index is 2.83. The SMILES string of the molecule is CCCC(OC(=O)c1ccc(N)cc1C)C(=O)O. The van der Waals surface area contributed by atoms with Gasteiger partial charge < -0.3 is 15.6 Å². The Morgan fingerprint density at radius 3 is 2.61 bits per heavy atom. The zero-order valence-corrected chi connectivity index (χ0v) is 10.5. The molecule has 0 heterocycles. The van der Waals surface area contributed by atoms with E-state index in [1.165, 1.54) is 6.07 Å². The second-order valence-electron chi connectivity index (χ2n) is 4.10. The average molecular weight is 251 g/mol. The van der Waals surface area contributed by atoms with Crippen LogP contribution in [0, 0.1) is 6.92 Å². The molecule has 0 bridgehead atoms. The van der Waals surface area contributed by atoms with Gasteiger partial charge in [-0.05, 0) is 37.1 Å². The minimum atomic E-state index is -1.13. The number of benzene rings is 1. The smallest absolute Gasteiger partial charge is 0.345 e. The fourth-order valence-electron chi connectivity index (χ4n) is 1.60. The van der Waals surface area contributed by atoms with Crippen LogP contribution in [0.1, 0.15) is 35.7 Å². The maximum Gasteiger partial charge on any atom is 0.345 e. The number of hydrogen-bond donors (Lipinski definition) is 2. The van der Waals surface area contributed by atoms with Crippen LogP contribution in [-0.4, -0.2) is 23.1 Å². The van der Waals surface area contributed by atoms with E-state index in [9.17, 15) is 9.59 Å². The van der Waals surface area contributed by atoms with Gasteiger partial charge in [0.1, 0.15) is 0 Å². The average Bonchev–Trinajstić information content (AvgIpc) is 2.27. The first-order valence-corrected chi connectivity index (χ1v) is 5.75. The van der Waals surface area contributed by atoms with E-state index in [1.54, 1.807) is 19.1 Å². The van der Waals surface area contributed by atoms with Gasteiger partial charge in [-0.3, -0.25) is 0 Å². The molecule has 0 aliphatic rings. The molecule has 0 aromatic heterocycles. The van der Waals surface area contributed by atoms with Crippen molar-refractivity contribution in [3.05, 3.63) is 29.3 Å². The van der Waals surface area contributed by atoms with Crippen LogP contribution in [0.3, 0.4) is 0 Å². The van der Waals surface area contributed by atoms with Crippen LogP contribution in [-0.2, 0) is 9.53 Å². The van der Waals surface area contributed by atoms with E-state index < -0.39 is 18.0 Å². The lowest BCUT2D eigenvalue weighted by atomic mass is 10.1. The molecule has 0 fully saturated rings. The monoisotopic (exact) mass is 251 g/mol. The quantitative estimate of drug-likeness (QED) is 0.617. The van der Waals surface area contributed by atoms with Gasteiger partial charge in [-0.15, -0.1) is 0 Å². The summed E-state index contributed by atoms with van der Waals surface area (Å²) in [6.07, 6.45) is -0.167. The summed E-state index contributed by atoms with van der Waals surface area (Å²) in [5.41, 5.74) is 7.13. The van der Waals surface area contributed by atoms with E-state index in [4.69, 9.17) is 15.6 Å². The molecule has 5 heteroatoms. The molecule has 1 aromatic carbocycles. The van der Waals surface area contributed by atoms with E-state index in [1.807, 2.05) is 6.92 Å². The van der Waals surface area contributed by atoms with Gasteiger partial charge in [-0.2, -0.15) is 0 Å². The highest BCUT2D eigenvalue weighted by Crippen LogP contribution is 2.15. The van der Waals surface area contributed by atoms with E-state index in [2.05, 4.69) is 0 Å². The highest BCUT2D eigenvalue weighted by Gasteiger charge is 2.22. The van der Waals surface area contributed by atoms with Crippen molar-refractivity contribution >= 4 is 17.6 Å². The number of carbonyl (C=O) groups excluding carboxylic acids is 1. The van der Waals surface area contributed by atoms with E-state index in [0.717, 1.165) is 0 Å². The number of aliphatic carboxylic acids is 1. The molecular weight excluding hydrogens is 234 g/mol. The summed E-state index contributed by atoms with van der Waals surface area (Å²) in [6, 6.07) is 4.77. The number of nitrogen functional groups attached to an aromatic ring is 1. The predicted molar refractivity (Wildman–Crippen MR) is 67.3 cm³/mol. The Bertz CT molecular complexity index is 456. The molecule has 0 spiro atoms. The zero-order chi connectivity index (χ0) is 13.7. The molecular formula is C13H17NO4. The highest BCUT2D eigenvalue weighted by atomic mass is 16.6. The van der Waals surface area contributed by atoms with Gasteiger partial charge in [0.25, 0.3) is 0 Å². The van der Waals surface area contributed by atoms with E-state index >= 15 is 0 Å². The van der Waals surface area contributed by atoms with Gasteiger partial charge in [-0.25, -0.2) is 9.59 Å². The zero-order valence-electron chi connectivity index (χ0n) is 10.5. The van der Waals surface area contributed by atoms with Crippen LogP contribution in [0.15, 0.2) is 18.2 Å². The number of carboxylic acids is 1. The molecule has 0 amide bonds. The molecule has 1 rings (SSSR count). The molecule has 0 aliphatic heterocycles. The van der Waals surface area contributed by atoms with Crippen molar-refractivity contribution < 1.29 is 19.4 Å². The van der Waals surface area contributed by atoms with Gasteiger partial charge in [0.05, 0.1) is 5.56 Å². The third kappa shape index (κ3) is 3.48. The maximum atomic E-state index is 11.8. The summed E-state index contributed by atoms with van der Waals surface area (Å²) in [5, 5.41) is 8.92. The first-order chi connectivity index (χ1) is 8.45. The molecule has 0 saturated carbocycles. The van der Waals surface area contributed by atoms with Gasteiger partial charge in [0.2, 0.25) is 0 Å². The lowest BCUT2D eigenvalue weighted by Gasteiger charge is -2.13. The number of hydrogen-bond acceptors (Lipinski definition) is 4. The predicted octanol–water partition coefficient (Wildman–Crippen LogP) is 1.99. The Morgan fingerprint density at radius 2 is 2.11 bits per heavy atom. The Labute approximate surface area is 106 Å². The van der Waals surface area contributed by atoms with Crippen molar-refractivity contribution in [1.82, 2.24) is 0 Å². The molecule has 0 aliphatic carbocycles. The standard InChI is InChI=1S/C13H17NO4/c1-3-4-11(12(15)16)18-13(17)10-6-5-9(14)7-8(10)2/h5-7,11H,3-4,14H2,1-2H3,(H,15,16). The molecule has 0 saturated heterocycles. The summed E-state index contributed by atoms with van der Waals surface area (Å²) in [7, 11) is 0. The first-order valence-electron chi connectivity index (χ1n) is 5.75. The van der Waals surface area contributed by atoms with Crippen molar-refractivity contribution in [1.29, 1.82) is 0 Å². The summed E-state index contributed by atoms with van der Waals surface area (Å²) in [5.74, 6) is -1.76. The normalized spacial score (nSPS) is 11.9. The van der Waals surface area contributed by atoms with Crippen LogP contribution in [0.4, 0.5) is 5.69 Å². The lowest BCUT2D eigenvalue weighted by Crippen LogP contribution is -2.27. The molecule has 1 aromatic rings. The van der Waals surface area contributed by atoms with Gasteiger partial charge in [-0.1, -0.05) is 13.3 Å². The number of carboxylic acid groups (broad SMARTS) is 1. The van der Waals surface area contributed by atoms with Crippen molar-refractivity contribution in [3.8, 4) is 0 Å². The van der Waals surface area contributed by atoms with Crippen LogP contribution in [0.25, 0.3) is 0 Å². The van der Waals surface area contributed by atoms with Crippen LogP contribution >= 0.6 is 0 Å². The minimum Gasteiger partial charge on any atom is -0.479 e. The summed E-state index contributed by atoms with van der Waals surface area (Å²) >= 11 is 0. The number of esters is 1. The lowest BCUT2D eigenvalue weighted by molar-refractivity contribution is -0.147. The Kier molecular flexibility index (Phi) is 4.71. The molecule has 0 radical (unpaired) electrons. The van der Waals surface area contributed by atoms with Crippen LogP contribution < -0.4 is 5.73 Å². The second-order valence-corrected chi connectivity index (χ2v) is 4.10. The third-order valence-corrected chi connectivity index (χ3v) is 2.55. The molecule has 18 heavy (non-hydrogen) atoms. The number of nitrogens with two attached hydrogens (primary N) is 1. The molecule has 5 nitrogen and oxygen atoms in total. The number of ether oxygens (including phenoxy) is 1. The molecule has 1 unspecified atom stereocenters. The Hall–Kier alpha value is -2.04. The van der Waals surface area contributed by atoms with Gasteiger partial charge in [0, 0.05) is 5.69 Å². The van der Waals surface area contributed by atoms with Gasteiger partial charge in [0.15, 0.2) is 6.10 Å². The Morgan fingerprint density at radius 1 is 1.44 bits per heavy atom. The topological polar surface area (TPSA) is 89.6 Å². The molecule has 98 valence electrons. The first kappa shape index (κ1) is 14.0. The molecule has 1 atom stereocenters. The maximum absolute atomic E-state index is 11.8. The van der Waals surface area contributed by atoms with E-state index in [0.29, 0.717) is 29.7 Å².